The molecule has 11 heavy (non-hydrogen) atoms. The quantitative estimate of drug-likeness (QED) is 0.482. The first-order valence-electron chi connectivity index (χ1n) is 3.27. The molecule has 0 spiro atoms. The largest absolute Gasteiger partial charge is 0.465 e. The Morgan fingerprint density at radius 1 is 1.55 bits per heavy atom. The third-order valence-corrected chi connectivity index (χ3v) is 2.25. The van der Waals surface area contributed by atoms with Crippen LogP contribution in [0.4, 0.5) is 4.79 Å². The van der Waals surface area contributed by atoms with Gasteiger partial charge in [0.15, 0.2) is 0 Å². The number of rotatable bonds is 3. The van der Waals surface area contributed by atoms with Crippen LogP contribution in [0.5, 0.6) is 0 Å². The average Bonchev–Trinajstić information content (AvgIpc) is 1.87. The predicted octanol–water partition coefficient (Wildman–Crippen LogP) is 2.12. The molecule has 0 aromatic heterocycles. The number of carbonyl (C=O) groups is 1. The highest BCUT2D eigenvalue weighted by Crippen LogP contribution is 2.18. The van der Waals surface area contributed by atoms with Gasteiger partial charge in [0.2, 0.25) is 0 Å². The molecule has 0 aliphatic rings. The van der Waals surface area contributed by atoms with E-state index in [1.54, 1.807) is 0 Å². The maximum absolute atomic E-state index is 10.2. The number of nitrogens with one attached hydrogen (secondary N) is 1. The van der Waals surface area contributed by atoms with Gasteiger partial charge in [-0.05, 0) is 12.8 Å². The summed E-state index contributed by atoms with van der Waals surface area (Å²) in [4.78, 5) is 9.62. The molecule has 0 aromatic carbocycles. The van der Waals surface area contributed by atoms with Crippen molar-refractivity contribution in [3.05, 3.63) is 0 Å². The Balaban J connectivity index is 0. The van der Waals surface area contributed by atoms with Crippen LogP contribution in [-0.2, 0) is 0 Å². The molecular formula is C6H14ClNO2S. The van der Waals surface area contributed by atoms with Gasteiger partial charge in [0.05, 0.1) is 4.87 Å². The fourth-order valence-corrected chi connectivity index (χ4v) is 0.721. The second-order valence-corrected chi connectivity index (χ2v) is 3.02. The Bertz CT molecular complexity index is 128. The van der Waals surface area contributed by atoms with Gasteiger partial charge in [-0.3, -0.25) is 0 Å². The van der Waals surface area contributed by atoms with Crippen molar-refractivity contribution in [1.29, 1.82) is 0 Å². The van der Waals surface area contributed by atoms with Crippen LogP contribution in [0.25, 0.3) is 0 Å². The minimum absolute atomic E-state index is 0. The Hall–Kier alpha value is -0.0900. The van der Waals surface area contributed by atoms with Crippen LogP contribution < -0.4 is 5.32 Å². The van der Waals surface area contributed by atoms with E-state index in [4.69, 9.17) is 5.11 Å². The maximum Gasteiger partial charge on any atom is 0.405 e. The maximum atomic E-state index is 10.2. The third-order valence-electron chi connectivity index (χ3n) is 1.51. The molecule has 0 bridgehead atoms. The van der Waals surface area contributed by atoms with Crippen molar-refractivity contribution in [1.82, 2.24) is 5.32 Å². The smallest absolute Gasteiger partial charge is 0.405 e. The van der Waals surface area contributed by atoms with E-state index in [9.17, 15) is 4.79 Å². The van der Waals surface area contributed by atoms with E-state index in [-0.39, 0.29) is 12.4 Å². The minimum Gasteiger partial charge on any atom is -0.465 e. The van der Waals surface area contributed by atoms with Crippen molar-refractivity contribution in [2.75, 3.05) is 0 Å². The summed E-state index contributed by atoms with van der Waals surface area (Å²) in [5.41, 5.74) is 0. The monoisotopic (exact) mass is 199 g/mol. The van der Waals surface area contributed by atoms with E-state index in [2.05, 4.69) is 17.9 Å². The first kappa shape index (κ1) is 13.5. The third kappa shape index (κ3) is 5.21. The molecule has 0 aliphatic carbocycles. The first-order chi connectivity index (χ1) is 4.54. The summed E-state index contributed by atoms with van der Waals surface area (Å²) in [6.07, 6.45) is 0.372. The summed E-state index contributed by atoms with van der Waals surface area (Å²) in [6.45, 7) is 3.79. The molecule has 0 aromatic rings. The fraction of sp³-hybridized carbons (Fsp3) is 0.833. The van der Waals surface area contributed by atoms with E-state index in [1.807, 2.05) is 13.8 Å². The SMILES string of the molecule is CCC(S)(CC)NC(=O)O.Cl. The van der Waals surface area contributed by atoms with Gasteiger partial charge in [-0.15, -0.1) is 12.4 Å². The lowest BCUT2D eigenvalue weighted by Crippen LogP contribution is -2.42. The van der Waals surface area contributed by atoms with Crippen LogP contribution in [0.15, 0.2) is 0 Å². The van der Waals surface area contributed by atoms with Gasteiger partial charge >= 0.3 is 6.09 Å². The van der Waals surface area contributed by atoms with Crippen LogP contribution in [0, 0.1) is 0 Å². The van der Waals surface area contributed by atoms with Crippen LogP contribution in [0.2, 0.25) is 0 Å². The second kappa shape index (κ2) is 5.55. The normalized spacial score (nSPS) is 10.1. The van der Waals surface area contributed by atoms with Gasteiger partial charge in [-0.25, -0.2) is 4.79 Å². The molecule has 0 radical (unpaired) electrons. The standard InChI is InChI=1S/C6H13NO2S.ClH/c1-3-6(10,4-2)7-5(8)9;/h7,10H,3-4H2,1-2H3,(H,8,9);1H. The summed E-state index contributed by atoms with van der Waals surface area (Å²) in [7, 11) is 0. The lowest BCUT2D eigenvalue weighted by atomic mass is 10.1. The van der Waals surface area contributed by atoms with Gasteiger partial charge in [0, 0.05) is 0 Å². The Labute approximate surface area is 78.4 Å². The Morgan fingerprint density at radius 2 is 1.91 bits per heavy atom. The van der Waals surface area contributed by atoms with Crippen LogP contribution in [0.1, 0.15) is 26.7 Å². The average molecular weight is 200 g/mol. The molecule has 2 N–H and O–H groups in total. The molecule has 0 fully saturated rings. The van der Waals surface area contributed by atoms with Crippen molar-refractivity contribution in [2.24, 2.45) is 0 Å². The van der Waals surface area contributed by atoms with E-state index in [1.165, 1.54) is 0 Å². The topological polar surface area (TPSA) is 49.3 Å². The Morgan fingerprint density at radius 3 is 2.00 bits per heavy atom. The van der Waals surface area contributed by atoms with Crippen LogP contribution in [0.3, 0.4) is 0 Å². The highest BCUT2D eigenvalue weighted by molar-refractivity contribution is 7.81. The Kier molecular flexibility index (Phi) is 6.81. The van der Waals surface area contributed by atoms with E-state index in [0.29, 0.717) is 12.8 Å². The van der Waals surface area contributed by atoms with E-state index >= 15 is 0 Å². The number of carboxylic acid groups (broad SMARTS) is 1. The molecule has 0 rings (SSSR count). The molecule has 68 valence electrons. The van der Waals surface area contributed by atoms with Gasteiger partial charge in [0.1, 0.15) is 0 Å². The minimum atomic E-state index is -1.02. The summed E-state index contributed by atoms with van der Waals surface area (Å²) in [5.74, 6) is 0. The zero-order valence-corrected chi connectivity index (χ0v) is 8.34. The zero-order valence-electron chi connectivity index (χ0n) is 6.63. The van der Waals surface area contributed by atoms with Crippen molar-refractivity contribution in [2.45, 2.75) is 31.6 Å². The lowest BCUT2D eigenvalue weighted by molar-refractivity contribution is 0.186. The van der Waals surface area contributed by atoms with Crippen molar-refractivity contribution >= 4 is 31.1 Å². The zero-order chi connectivity index (χ0) is 8.20. The predicted molar refractivity (Wildman–Crippen MR) is 50.7 cm³/mol. The summed E-state index contributed by atoms with van der Waals surface area (Å²) >= 11 is 4.17. The van der Waals surface area contributed by atoms with Crippen molar-refractivity contribution in [3.63, 3.8) is 0 Å². The lowest BCUT2D eigenvalue weighted by Gasteiger charge is -2.24. The summed E-state index contributed by atoms with van der Waals surface area (Å²) < 4.78 is 0. The molecular weight excluding hydrogens is 186 g/mol. The fourth-order valence-electron chi connectivity index (χ4n) is 0.626. The molecule has 0 saturated heterocycles. The molecule has 0 saturated carbocycles. The second-order valence-electron chi connectivity index (χ2n) is 2.17. The highest BCUT2D eigenvalue weighted by Gasteiger charge is 2.22. The van der Waals surface area contributed by atoms with Crippen molar-refractivity contribution < 1.29 is 9.90 Å². The van der Waals surface area contributed by atoms with Gasteiger partial charge < -0.3 is 10.4 Å². The number of hydrogen-bond acceptors (Lipinski definition) is 2. The van der Waals surface area contributed by atoms with Gasteiger partial charge in [0.25, 0.3) is 0 Å². The first-order valence-corrected chi connectivity index (χ1v) is 3.72. The number of halogens is 1. The number of amides is 1. The van der Waals surface area contributed by atoms with Crippen LogP contribution >= 0.6 is 25.0 Å². The molecule has 3 nitrogen and oxygen atoms in total. The summed E-state index contributed by atoms with van der Waals surface area (Å²) in [5, 5.41) is 10.7. The van der Waals surface area contributed by atoms with Gasteiger partial charge in [-0.1, -0.05) is 13.8 Å². The van der Waals surface area contributed by atoms with Crippen molar-refractivity contribution in [3.8, 4) is 0 Å². The summed E-state index contributed by atoms with van der Waals surface area (Å²) in [6, 6.07) is 0. The molecule has 0 heterocycles. The molecule has 5 heteroatoms. The van der Waals surface area contributed by atoms with E-state index < -0.39 is 11.0 Å². The van der Waals surface area contributed by atoms with Crippen LogP contribution in [-0.4, -0.2) is 16.1 Å². The molecule has 0 atom stereocenters. The molecule has 1 amide bonds. The molecule has 0 aliphatic heterocycles. The number of thiol groups is 1. The highest BCUT2D eigenvalue weighted by atomic mass is 35.5. The van der Waals surface area contributed by atoms with E-state index in [0.717, 1.165) is 0 Å². The van der Waals surface area contributed by atoms with Gasteiger partial charge in [-0.2, -0.15) is 12.6 Å². The molecule has 0 unspecified atom stereocenters. The number of hydrogen-bond donors (Lipinski definition) is 3.